The van der Waals surface area contributed by atoms with Crippen LogP contribution in [0.2, 0.25) is 0 Å². The van der Waals surface area contributed by atoms with Gasteiger partial charge in [-0.1, -0.05) is 11.6 Å². The normalized spacial score (nSPS) is 31.9. The Morgan fingerprint density at radius 1 is 1.36 bits per heavy atom. The minimum atomic E-state index is 0.758. The van der Waals surface area contributed by atoms with Gasteiger partial charge in [0.05, 0.1) is 0 Å². The Hall–Kier alpha value is -0.340. The number of nitrogens with one attached hydrogen (secondary N) is 1. The predicted molar refractivity (Wildman–Crippen MR) is 60.4 cm³/mol. The van der Waals surface area contributed by atoms with Crippen molar-refractivity contribution in [3.8, 4) is 0 Å². The molecule has 2 aliphatic heterocycles. The van der Waals surface area contributed by atoms with Gasteiger partial charge in [0.1, 0.15) is 0 Å². The van der Waals surface area contributed by atoms with Crippen molar-refractivity contribution in [3.05, 3.63) is 11.6 Å². The van der Waals surface area contributed by atoms with Gasteiger partial charge in [-0.2, -0.15) is 0 Å². The van der Waals surface area contributed by atoms with Crippen molar-refractivity contribution in [3.63, 3.8) is 0 Å². The molecule has 1 N–H and O–H groups in total. The zero-order chi connectivity index (χ0) is 9.97. The highest BCUT2D eigenvalue weighted by molar-refractivity contribution is 4.99. The van der Waals surface area contributed by atoms with Gasteiger partial charge in [-0.15, -0.1) is 0 Å². The molecule has 0 aliphatic carbocycles. The molecule has 0 amide bonds. The summed E-state index contributed by atoms with van der Waals surface area (Å²) in [7, 11) is 0. The third-order valence-corrected chi connectivity index (χ3v) is 3.50. The molecule has 2 atom stereocenters. The lowest BCUT2D eigenvalue weighted by atomic mass is 10.1. The third kappa shape index (κ3) is 2.18. The number of allylic oxidation sites excluding steroid dienone is 1. The fourth-order valence-electron chi connectivity index (χ4n) is 2.74. The Morgan fingerprint density at radius 2 is 2.21 bits per heavy atom. The molecule has 80 valence electrons. The highest BCUT2D eigenvalue weighted by atomic mass is 15.2. The van der Waals surface area contributed by atoms with Crippen LogP contribution in [0.3, 0.4) is 0 Å². The zero-order valence-electron chi connectivity index (χ0n) is 9.42. The highest BCUT2D eigenvalue weighted by Gasteiger charge is 2.36. The van der Waals surface area contributed by atoms with E-state index in [1.807, 2.05) is 0 Å². The molecule has 14 heavy (non-hydrogen) atoms. The second-order valence-corrected chi connectivity index (χ2v) is 4.83. The summed E-state index contributed by atoms with van der Waals surface area (Å²) in [5, 5.41) is 3.67. The Bertz CT molecular complexity index is 218. The summed E-state index contributed by atoms with van der Waals surface area (Å²) in [5.74, 6) is 0. The van der Waals surface area contributed by atoms with Crippen LogP contribution < -0.4 is 5.32 Å². The average molecular weight is 194 g/mol. The second kappa shape index (κ2) is 4.45. The van der Waals surface area contributed by atoms with Gasteiger partial charge < -0.3 is 5.32 Å². The van der Waals surface area contributed by atoms with E-state index in [2.05, 4.69) is 30.1 Å². The number of nitrogens with zero attached hydrogens (tertiary/aromatic N) is 1. The van der Waals surface area contributed by atoms with Gasteiger partial charge in [-0.3, -0.25) is 4.90 Å². The van der Waals surface area contributed by atoms with Crippen LogP contribution in [0, 0.1) is 0 Å². The molecule has 2 aliphatic rings. The van der Waals surface area contributed by atoms with E-state index in [1.54, 1.807) is 0 Å². The first-order valence-electron chi connectivity index (χ1n) is 5.88. The van der Waals surface area contributed by atoms with Crippen molar-refractivity contribution in [1.29, 1.82) is 0 Å². The lowest BCUT2D eigenvalue weighted by Crippen LogP contribution is -2.39. The molecule has 0 aromatic carbocycles. The Kier molecular flexibility index (Phi) is 3.24. The first-order valence-corrected chi connectivity index (χ1v) is 5.88. The van der Waals surface area contributed by atoms with Crippen molar-refractivity contribution < 1.29 is 0 Å². The maximum atomic E-state index is 3.67. The summed E-state index contributed by atoms with van der Waals surface area (Å²) in [6.45, 7) is 8.04. The van der Waals surface area contributed by atoms with Crippen molar-refractivity contribution in [2.24, 2.45) is 0 Å². The summed E-state index contributed by atoms with van der Waals surface area (Å²) in [5.41, 5.74) is 1.42. The first-order chi connectivity index (χ1) is 6.77. The second-order valence-electron chi connectivity index (χ2n) is 4.83. The standard InChI is InChI=1S/C12H22N2/c1-10(2)5-7-13-11-6-9-14-8-3-4-12(11)14/h5,11-13H,3-4,6-9H2,1-2H3. The molecule has 0 bridgehead atoms. The van der Waals surface area contributed by atoms with E-state index in [1.165, 1.54) is 37.9 Å². The van der Waals surface area contributed by atoms with Gasteiger partial charge in [0.15, 0.2) is 0 Å². The zero-order valence-corrected chi connectivity index (χ0v) is 9.42. The fraction of sp³-hybridized carbons (Fsp3) is 0.833. The van der Waals surface area contributed by atoms with Gasteiger partial charge in [0.25, 0.3) is 0 Å². The van der Waals surface area contributed by atoms with E-state index in [0.29, 0.717) is 0 Å². The molecule has 2 saturated heterocycles. The minimum Gasteiger partial charge on any atom is -0.309 e. The molecular formula is C12H22N2. The molecular weight excluding hydrogens is 172 g/mol. The molecule has 0 radical (unpaired) electrons. The quantitative estimate of drug-likeness (QED) is 0.689. The van der Waals surface area contributed by atoms with Gasteiger partial charge in [-0.05, 0) is 39.7 Å². The molecule has 0 aromatic heterocycles. The van der Waals surface area contributed by atoms with Crippen LogP contribution in [0.15, 0.2) is 11.6 Å². The van der Waals surface area contributed by atoms with Crippen LogP contribution in [-0.2, 0) is 0 Å². The van der Waals surface area contributed by atoms with E-state index in [4.69, 9.17) is 0 Å². The first kappa shape index (κ1) is 10.2. The van der Waals surface area contributed by atoms with Crippen molar-refractivity contribution >= 4 is 0 Å². The topological polar surface area (TPSA) is 15.3 Å². The Balaban J connectivity index is 1.78. The summed E-state index contributed by atoms with van der Waals surface area (Å²) in [6.07, 6.45) is 6.46. The Morgan fingerprint density at radius 3 is 3.00 bits per heavy atom. The van der Waals surface area contributed by atoms with Crippen LogP contribution in [0.4, 0.5) is 0 Å². The summed E-state index contributed by atoms with van der Waals surface area (Å²) in [4.78, 5) is 2.65. The lowest BCUT2D eigenvalue weighted by molar-refractivity contribution is 0.301. The molecule has 0 aromatic rings. The van der Waals surface area contributed by atoms with Crippen LogP contribution >= 0.6 is 0 Å². The fourth-order valence-corrected chi connectivity index (χ4v) is 2.74. The number of rotatable bonds is 3. The van der Waals surface area contributed by atoms with Crippen molar-refractivity contribution in [1.82, 2.24) is 10.2 Å². The molecule has 2 heteroatoms. The average Bonchev–Trinajstić information content (AvgIpc) is 2.67. The largest absolute Gasteiger partial charge is 0.309 e. The van der Waals surface area contributed by atoms with Gasteiger partial charge >= 0.3 is 0 Å². The predicted octanol–water partition coefficient (Wildman–Crippen LogP) is 1.78. The lowest BCUT2D eigenvalue weighted by Gasteiger charge is -2.20. The maximum Gasteiger partial charge on any atom is 0.0250 e. The molecule has 0 saturated carbocycles. The molecule has 2 unspecified atom stereocenters. The molecule has 0 spiro atoms. The molecule has 2 rings (SSSR count). The molecule has 2 fully saturated rings. The summed E-state index contributed by atoms with van der Waals surface area (Å²) in [6, 6.07) is 1.61. The number of hydrogen-bond donors (Lipinski definition) is 1. The van der Waals surface area contributed by atoms with Crippen LogP contribution in [0.25, 0.3) is 0 Å². The van der Waals surface area contributed by atoms with E-state index in [-0.39, 0.29) is 0 Å². The van der Waals surface area contributed by atoms with Gasteiger partial charge in [0, 0.05) is 25.2 Å². The van der Waals surface area contributed by atoms with E-state index in [0.717, 1.165) is 18.6 Å². The van der Waals surface area contributed by atoms with Gasteiger partial charge in [0.2, 0.25) is 0 Å². The van der Waals surface area contributed by atoms with Crippen molar-refractivity contribution in [2.75, 3.05) is 19.6 Å². The monoisotopic (exact) mass is 194 g/mol. The maximum absolute atomic E-state index is 3.67. The smallest absolute Gasteiger partial charge is 0.0250 e. The van der Waals surface area contributed by atoms with Crippen LogP contribution in [-0.4, -0.2) is 36.6 Å². The minimum absolute atomic E-state index is 0.758. The number of fused-ring (bicyclic) bond motifs is 1. The summed E-state index contributed by atoms with van der Waals surface area (Å²) >= 11 is 0. The SMILES string of the molecule is CC(C)=CCNC1CCN2CCCC12. The van der Waals surface area contributed by atoms with Crippen LogP contribution in [0.1, 0.15) is 33.1 Å². The van der Waals surface area contributed by atoms with E-state index < -0.39 is 0 Å². The van der Waals surface area contributed by atoms with E-state index in [9.17, 15) is 0 Å². The van der Waals surface area contributed by atoms with E-state index >= 15 is 0 Å². The molecule has 2 heterocycles. The van der Waals surface area contributed by atoms with Crippen molar-refractivity contribution in [2.45, 2.75) is 45.2 Å². The third-order valence-electron chi connectivity index (χ3n) is 3.50. The number of hydrogen-bond acceptors (Lipinski definition) is 2. The summed E-state index contributed by atoms with van der Waals surface area (Å²) < 4.78 is 0. The Labute approximate surface area is 87.4 Å². The van der Waals surface area contributed by atoms with Gasteiger partial charge in [-0.25, -0.2) is 0 Å². The highest BCUT2D eigenvalue weighted by Crippen LogP contribution is 2.27. The molecule has 2 nitrogen and oxygen atoms in total. The van der Waals surface area contributed by atoms with Crippen LogP contribution in [0.5, 0.6) is 0 Å².